The number of hydrogen-bond donors (Lipinski definition) is 1. The van der Waals surface area contributed by atoms with Gasteiger partial charge in [-0.25, -0.2) is 12.7 Å². The van der Waals surface area contributed by atoms with E-state index in [1.54, 1.807) is 13.0 Å². The minimum Gasteiger partial charge on any atom is -0.496 e. The number of nitrogens with zero attached hydrogens (tertiary/aromatic N) is 2. The summed E-state index contributed by atoms with van der Waals surface area (Å²) in [6, 6.07) is 3.35. The summed E-state index contributed by atoms with van der Waals surface area (Å²) in [6.07, 6.45) is 0.201. The van der Waals surface area contributed by atoms with Gasteiger partial charge in [0.05, 0.1) is 25.2 Å². The average Bonchev–Trinajstić information content (AvgIpc) is 3.11. The van der Waals surface area contributed by atoms with Gasteiger partial charge in [0.25, 0.3) is 10.0 Å². The van der Waals surface area contributed by atoms with Crippen molar-refractivity contribution in [2.24, 2.45) is 0 Å². The van der Waals surface area contributed by atoms with E-state index in [9.17, 15) is 18.0 Å². The molecule has 160 valence electrons. The second-order valence-corrected chi connectivity index (χ2v) is 8.94. The fourth-order valence-electron chi connectivity index (χ4n) is 3.61. The molecule has 2 saturated heterocycles. The standard InChI is InChI=1S/C19H27N3O6S/c1-14-13-15(3-5-17(14)27-2)29(25,26)22-16(4-6-18(22)23)19(24)20-7-8-21-9-11-28-12-10-21/h3,5,13,16H,4,6-12H2,1-2H3,(H,20,24)/t16-/m0/s1. The zero-order valence-corrected chi connectivity index (χ0v) is 17.5. The maximum atomic E-state index is 13.1. The van der Waals surface area contributed by atoms with Gasteiger partial charge >= 0.3 is 0 Å². The first kappa shape index (κ1) is 21.5. The molecule has 2 fully saturated rings. The van der Waals surface area contributed by atoms with Crippen LogP contribution in [0.4, 0.5) is 0 Å². The van der Waals surface area contributed by atoms with Gasteiger partial charge in [0.1, 0.15) is 11.8 Å². The van der Waals surface area contributed by atoms with Crippen molar-refractivity contribution in [3.05, 3.63) is 23.8 Å². The third-order valence-corrected chi connectivity index (χ3v) is 7.04. The Kier molecular flexibility index (Phi) is 6.76. The molecule has 29 heavy (non-hydrogen) atoms. The Morgan fingerprint density at radius 2 is 2.03 bits per heavy atom. The highest BCUT2D eigenvalue weighted by atomic mass is 32.2. The Bertz CT molecular complexity index is 867. The molecule has 0 spiro atoms. The molecule has 1 aromatic rings. The molecule has 0 radical (unpaired) electrons. The van der Waals surface area contributed by atoms with Crippen LogP contribution in [0.1, 0.15) is 18.4 Å². The molecule has 2 aliphatic rings. The Labute approximate surface area is 171 Å². The number of methoxy groups -OCH3 is 1. The fourth-order valence-corrected chi connectivity index (χ4v) is 5.29. The van der Waals surface area contributed by atoms with Crippen LogP contribution in [-0.2, 0) is 24.3 Å². The van der Waals surface area contributed by atoms with Gasteiger partial charge in [-0.1, -0.05) is 0 Å². The van der Waals surface area contributed by atoms with Crippen LogP contribution in [0.2, 0.25) is 0 Å². The predicted molar refractivity (Wildman–Crippen MR) is 105 cm³/mol. The molecule has 2 heterocycles. The Morgan fingerprint density at radius 3 is 2.69 bits per heavy atom. The number of ether oxygens (including phenoxy) is 2. The number of nitrogens with one attached hydrogen (secondary N) is 1. The van der Waals surface area contributed by atoms with Gasteiger partial charge in [0.15, 0.2) is 0 Å². The smallest absolute Gasteiger partial charge is 0.267 e. The van der Waals surface area contributed by atoms with Crippen LogP contribution < -0.4 is 10.1 Å². The molecule has 0 aliphatic carbocycles. The van der Waals surface area contributed by atoms with Crippen LogP contribution in [0.5, 0.6) is 5.75 Å². The highest BCUT2D eigenvalue weighted by Crippen LogP contribution is 2.29. The van der Waals surface area contributed by atoms with Crippen molar-refractivity contribution in [3.63, 3.8) is 0 Å². The number of sulfonamides is 1. The maximum Gasteiger partial charge on any atom is 0.267 e. The lowest BCUT2D eigenvalue weighted by Gasteiger charge is -2.27. The minimum absolute atomic E-state index is 0.0237. The summed E-state index contributed by atoms with van der Waals surface area (Å²) in [4.78, 5) is 27.1. The lowest BCUT2D eigenvalue weighted by Crippen LogP contribution is -2.49. The van der Waals surface area contributed by atoms with E-state index in [4.69, 9.17) is 9.47 Å². The van der Waals surface area contributed by atoms with Gasteiger partial charge in [0.2, 0.25) is 11.8 Å². The zero-order chi connectivity index (χ0) is 21.0. The summed E-state index contributed by atoms with van der Waals surface area (Å²) in [5.74, 6) is -0.459. The van der Waals surface area contributed by atoms with E-state index in [1.165, 1.54) is 19.2 Å². The molecule has 1 N–H and O–H groups in total. The first-order valence-corrected chi connectivity index (χ1v) is 11.1. The largest absolute Gasteiger partial charge is 0.496 e. The fraction of sp³-hybridized carbons (Fsp3) is 0.579. The van der Waals surface area contributed by atoms with Crippen molar-refractivity contribution in [3.8, 4) is 5.75 Å². The highest BCUT2D eigenvalue weighted by Gasteiger charge is 2.44. The average molecular weight is 426 g/mol. The minimum atomic E-state index is -4.13. The lowest BCUT2D eigenvalue weighted by molar-refractivity contribution is -0.130. The van der Waals surface area contributed by atoms with E-state index in [0.717, 1.165) is 17.4 Å². The number of carbonyl (C=O) groups is 2. The number of aryl methyl sites for hydroxylation is 1. The van der Waals surface area contributed by atoms with E-state index >= 15 is 0 Å². The molecular formula is C19H27N3O6S. The van der Waals surface area contributed by atoms with Crippen LogP contribution in [-0.4, -0.2) is 82.0 Å². The number of rotatable bonds is 7. The first-order chi connectivity index (χ1) is 13.8. The van der Waals surface area contributed by atoms with E-state index in [2.05, 4.69) is 10.2 Å². The molecule has 10 heteroatoms. The van der Waals surface area contributed by atoms with Crippen molar-refractivity contribution in [2.45, 2.75) is 30.7 Å². The number of amides is 2. The SMILES string of the molecule is COc1ccc(S(=O)(=O)N2C(=O)CC[C@H]2C(=O)NCCN2CCOCC2)cc1C. The Morgan fingerprint density at radius 1 is 1.31 bits per heavy atom. The summed E-state index contributed by atoms with van der Waals surface area (Å²) in [7, 11) is -2.64. The third kappa shape index (κ3) is 4.71. The van der Waals surface area contributed by atoms with Crippen LogP contribution in [0, 0.1) is 6.92 Å². The number of benzene rings is 1. The number of hydrogen-bond acceptors (Lipinski definition) is 7. The van der Waals surface area contributed by atoms with Crippen molar-refractivity contribution in [1.82, 2.24) is 14.5 Å². The van der Waals surface area contributed by atoms with Crippen LogP contribution in [0.15, 0.2) is 23.1 Å². The summed E-state index contributed by atoms with van der Waals surface area (Å²) in [5, 5.41) is 2.78. The van der Waals surface area contributed by atoms with Gasteiger partial charge in [-0.15, -0.1) is 0 Å². The third-order valence-electron chi connectivity index (χ3n) is 5.22. The van der Waals surface area contributed by atoms with E-state index in [1.807, 2.05) is 0 Å². The number of morpholine rings is 1. The molecule has 1 atom stereocenters. The van der Waals surface area contributed by atoms with Gasteiger partial charge in [-0.05, 0) is 37.1 Å². The highest BCUT2D eigenvalue weighted by molar-refractivity contribution is 7.89. The van der Waals surface area contributed by atoms with E-state index < -0.39 is 27.9 Å². The predicted octanol–water partition coefficient (Wildman–Crippen LogP) is 0.132. The summed E-state index contributed by atoms with van der Waals surface area (Å²) < 4.78 is 37.4. The van der Waals surface area contributed by atoms with Gasteiger partial charge in [0, 0.05) is 32.6 Å². The van der Waals surface area contributed by atoms with Crippen molar-refractivity contribution in [2.75, 3.05) is 46.5 Å². The molecule has 3 rings (SSSR count). The van der Waals surface area contributed by atoms with Crippen LogP contribution in [0.25, 0.3) is 0 Å². The molecule has 2 aliphatic heterocycles. The molecule has 2 amide bonds. The molecule has 0 unspecified atom stereocenters. The second kappa shape index (κ2) is 9.10. The van der Waals surface area contributed by atoms with Crippen molar-refractivity contribution < 1.29 is 27.5 Å². The van der Waals surface area contributed by atoms with E-state index in [-0.39, 0.29) is 17.7 Å². The Hall–Kier alpha value is -2.17. The normalized spacial score (nSPS) is 20.7. The molecule has 0 saturated carbocycles. The summed E-state index contributed by atoms with van der Waals surface area (Å²) in [6.45, 7) is 5.69. The van der Waals surface area contributed by atoms with Crippen molar-refractivity contribution >= 4 is 21.8 Å². The zero-order valence-electron chi connectivity index (χ0n) is 16.7. The lowest BCUT2D eigenvalue weighted by atomic mass is 10.2. The molecule has 0 bridgehead atoms. The van der Waals surface area contributed by atoms with Gasteiger partial charge < -0.3 is 14.8 Å². The molecule has 1 aromatic carbocycles. The van der Waals surface area contributed by atoms with Crippen molar-refractivity contribution in [1.29, 1.82) is 0 Å². The molecular weight excluding hydrogens is 398 g/mol. The quantitative estimate of drug-likeness (QED) is 0.662. The summed E-state index contributed by atoms with van der Waals surface area (Å²) >= 11 is 0. The van der Waals surface area contributed by atoms with Crippen LogP contribution >= 0.6 is 0 Å². The first-order valence-electron chi connectivity index (χ1n) is 9.64. The van der Waals surface area contributed by atoms with E-state index in [0.29, 0.717) is 37.6 Å². The summed E-state index contributed by atoms with van der Waals surface area (Å²) in [5.41, 5.74) is 0.631. The van der Waals surface area contributed by atoms with Crippen LogP contribution in [0.3, 0.4) is 0 Å². The molecule has 9 nitrogen and oxygen atoms in total. The van der Waals surface area contributed by atoms with Gasteiger partial charge in [-0.3, -0.25) is 14.5 Å². The maximum absolute atomic E-state index is 13.1. The Balaban J connectivity index is 1.70. The topological polar surface area (TPSA) is 105 Å². The van der Waals surface area contributed by atoms with Gasteiger partial charge in [-0.2, -0.15) is 0 Å². The molecule has 0 aromatic heterocycles. The monoisotopic (exact) mass is 425 g/mol. The number of carbonyl (C=O) groups excluding carboxylic acids is 2. The second-order valence-electron chi connectivity index (χ2n) is 7.13.